The molecular weight excluding hydrogens is 556 g/mol. The summed E-state index contributed by atoms with van der Waals surface area (Å²) in [5, 5.41) is 9.16. The Morgan fingerprint density at radius 1 is 0.921 bits per heavy atom. The number of rotatable bonds is 9. The quantitative estimate of drug-likeness (QED) is 0.197. The Bertz CT molecular complexity index is 1360. The van der Waals surface area contributed by atoms with Crippen LogP contribution in [0.2, 0.25) is 0 Å². The number of hydrazone groups is 1. The standard InChI is InChI=1S/C27H27BrN4O6/c1-16-7-5-8-17(2)24(16)31-23(33)15-38-25-21(28)11-18(12-22(25)37-4)14-29-32-27(35)26(34)30-19-9-6-10-20(13-19)36-3/h5-14H,15H2,1-4H3,(H,30,34)(H,31,33)(H,32,35)/b29-14+. The van der Waals surface area contributed by atoms with E-state index in [1.165, 1.54) is 20.4 Å². The summed E-state index contributed by atoms with van der Waals surface area (Å²) in [5.41, 5.74) is 5.76. The van der Waals surface area contributed by atoms with Gasteiger partial charge in [0.2, 0.25) is 0 Å². The second-order valence-electron chi connectivity index (χ2n) is 8.02. The summed E-state index contributed by atoms with van der Waals surface area (Å²) >= 11 is 3.41. The molecule has 3 N–H and O–H groups in total. The highest BCUT2D eigenvalue weighted by molar-refractivity contribution is 9.10. The van der Waals surface area contributed by atoms with Crippen LogP contribution in [0.5, 0.6) is 17.2 Å². The summed E-state index contributed by atoms with van der Waals surface area (Å²) < 4.78 is 16.7. The third kappa shape index (κ3) is 7.56. The highest BCUT2D eigenvalue weighted by Crippen LogP contribution is 2.36. The molecule has 198 valence electrons. The molecule has 0 saturated heterocycles. The Balaban J connectivity index is 1.59. The van der Waals surface area contributed by atoms with Gasteiger partial charge in [-0.3, -0.25) is 14.4 Å². The minimum absolute atomic E-state index is 0.241. The predicted octanol–water partition coefficient (Wildman–Crippen LogP) is 4.19. The van der Waals surface area contributed by atoms with Crippen molar-refractivity contribution < 1.29 is 28.6 Å². The smallest absolute Gasteiger partial charge is 0.329 e. The average molecular weight is 583 g/mol. The summed E-state index contributed by atoms with van der Waals surface area (Å²) in [6.07, 6.45) is 1.33. The van der Waals surface area contributed by atoms with E-state index < -0.39 is 11.8 Å². The Hall–Kier alpha value is -4.38. The zero-order valence-electron chi connectivity index (χ0n) is 21.3. The van der Waals surface area contributed by atoms with Crippen molar-refractivity contribution in [3.8, 4) is 17.2 Å². The molecule has 0 heterocycles. The Morgan fingerprint density at radius 2 is 1.63 bits per heavy atom. The molecule has 10 nitrogen and oxygen atoms in total. The molecule has 0 bridgehead atoms. The normalized spacial score (nSPS) is 10.6. The van der Waals surface area contributed by atoms with E-state index in [0.29, 0.717) is 33.0 Å². The molecule has 3 aromatic carbocycles. The van der Waals surface area contributed by atoms with Gasteiger partial charge in [0.1, 0.15) is 5.75 Å². The van der Waals surface area contributed by atoms with Crippen molar-refractivity contribution in [3.05, 3.63) is 75.8 Å². The largest absolute Gasteiger partial charge is 0.497 e. The zero-order chi connectivity index (χ0) is 27.7. The molecule has 0 unspecified atom stereocenters. The molecule has 0 aliphatic rings. The van der Waals surface area contributed by atoms with Crippen LogP contribution in [0.1, 0.15) is 16.7 Å². The number of carbonyl (C=O) groups excluding carboxylic acids is 3. The molecule has 0 atom stereocenters. The maximum absolute atomic E-state index is 12.5. The molecule has 11 heteroatoms. The summed E-state index contributed by atoms with van der Waals surface area (Å²) in [6, 6.07) is 15.6. The van der Waals surface area contributed by atoms with Gasteiger partial charge in [0, 0.05) is 17.4 Å². The third-order valence-corrected chi connectivity index (χ3v) is 5.85. The summed E-state index contributed by atoms with van der Waals surface area (Å²) in [7, 11) is 2.95. The summed E-state index contributed by atoms with van der Waals surface area (Å²) in [5.74, 6) is -0.972. The number of carbonyl (C=O) groups is 3. The first-order valence-electron chi connectivity index (χ1n) is 11.4. The fourth-order valence-corrected chi connectivity index (χ4v) is 3.96. The Morgan fingerprint density at radius 3 is 2.32 bits per heavy atom. The Labute approximate surface area is 228 Å². The second kappa shape index (κ2) is 13.2. The molecule has 0 aliphatic carbocycles. The lowest BCUT2D eigenvalue weighted by atomic mass is 10.1. The van der Waals surface area contributed by atoms with Crippen molar-refractivity contribution in [2.75, 3.05) is 31.5 Å². The van der Waals surface area contributed by atoms with Crippen LogP contribution in [-0.4, -0.2) is 44.8 Å². The lowest BCUT2D eigenvalue weighted by Gasteiger charge is -2.15. The molecule has 0 saturated carbocycles. The number of nitrogens with one attached hydrogen (secondary N) is 3. The minimum atomic E-state index is -0.954. The first-order chi connectivity index (χ1) is 18.2. The number of hydrogen-bond donors (Lipinski definition) is 3. The summed E-state index contributed by atoms with van der Waals surface area (Å²) in [6.45, 7) is 3.59. The minimum Gasteiger partial charge on any atom is -0.497 e. The van der Waals surface area contributed by atoms with Crippen LogP contribution in [0, 0.1) is 13.8 Å². The van der Waals surface area contributed by atoms with Crippen LogP contribution in [0.15, 0.2) is 64.2 Å². The molecule has 0 aliphatic heterocycles. The average Bonchev–Trinajstić information content (AvgIpc) is 2.89. The molecule has 38 heavy (non-hydrogen) atoms. The molecule has 3 amide bonds. The van der Waals surface area contributed by atoms with Gasteiger partial charge in [-0.1, -0.05) is 24.3 Å². The van der Waals surface area contributed by atoms with Gasteiger partial charge in [0.25, 0.3) is 5.91 Å². The highest BCUT2D eigenvalue weighted by Gasteiger charge is 2.16. The fraction of sp³-hybridized carbons (Fsp3) is 0.185. The van der Waals surface area contributed by atoms with Gasteiger partial charge in [-0.15, -0.1) is 0 Å². The first kappa shape index (κ1) is 28.2. The molecule has 0 aromatic heterocycles. The van der Waals surface area contributed by atoms with Crippen LogP contribution in [-0.2, 0) is 14.4 Å². The number of benzene rings is 3. The number of anilines is 2. The van der Waals surface area contributed by atoms with Crippen molar-refractivity contribution >= 4 is 51.2 Å². The second-order valence-corrected chi connectivity index (χ2v) is 8.88. The van der Waals surface area contributed by atoms with Crippen LogP contribution < -0.4 is 30.3 Å². The number of halogens is 1. The van der Waals surface area contributed by atoms with Gasteiger partial charge < -0.3 is 24.8 Å². The van der Waals surface area contributed by atoms with Crippen molar-refractivity contribution in [1.82, 2.24) is 5.43 Å². The van der Waals surface area contributed by atoms with Gasteiger partial charge in [0.15, 0.2) is 18.1 Å². The van der Waals surface area contributed by atoms with Crippen LogP contribution in [0.4, 0.5) is 11.4 Å². The number of aryl methyl sites for hydroxylation is 2. The number of ether oxygens (including phenoxy) is 3. The van der Waals surface area contributed by atoms with E-state index in [4.69, 9.17) is 14.2 Å². The SMILES string of the molecule is COc1cccc(NC(=O)C(=O)N/N=C/c2cc(Br)c(OCC(=O)Nc3c(C)cccc3C)c(OC)c2)c1. The molecule has 0 radical (unpaired) electrons. The topological polar surface area (TPSA) is 127 Å². The van der Waals surface area contributed by atoms with E-state index in [1.807, 2.05) is 32.0 Å². The number of amides is 3. The van der Waals surface area contributed by atoms with Gasteiger partial charge in [0.05, 0.1) is 24.9 Å². The van der Waals surface area contributed by atoms with E-state index in [1.54, 1.807) is 36.4 Å². The van der Waals surface area contributed by atoms with E-state index >= 15 is 0 Å². The molecule has 0 spiro atoms. The van der Waals surface area contributed by atoms with E-state index in [0.717, 1.165) is 16.8 Å². The first-order valence-corrected chi connectivity index (χ1v) is 12.2. The number of para-hydroxylation sites is 1. The van der Waals surface area contributed by atoms with E-state index in [9.17, 15) is 14.4 Å². The molecule has 3 aromatic rings. The lowest BCUT2D eigenvalue weighted by molar-refractivity contribution is -0.136. The van der Waals surface area contributed by atoms with Crippen LogP contribution >= 0.6 is 15.9 Å². The van der Waals surface area contributed by atoms with Crippen molar-refractivity contribution in [2.45, 2.75) is 13.8 Å². The van der Waals surface area contributed by atoms with Gasteiger partial charge in [-0.05, 0) is 70.7 Å². The zero-order valence-corrected chi connectivity index (χ0v) is 22.8. The monoisotopic (exact) mass is 582 g/mol. The lowest BCUT2D eigenvalue weighted by Crippen LogP contribution is -2.32. The van der Waals surface area contributed by atoms with Crippen molar-refractivity contribution in [3.63, 3.8) is 0 Å². The molecular formula is C27H27BrN4O6. The van der Waals surface area contributed by atoms with E-state index in [2.05, 4.69) is 37.1 Å². The van der Waals surface area contributed by atoms with Gasteiger partial charge in [-0.2, -0.15) is 5.10 Å². The van der Waals surface area contributed by atoms with Crippen molar-refractivity contribution in [2.24, 2.45) is 5.10 Å². The summed E-state index contributed by atoms with van der Waals surface area (Å²) in [4.78, 5) is 36.7. The van der Waals surface area contributed by atoms with Gasteiger partial charge >= 0.3 is 11.8 Å². The maximum Gasteiger partial charge on any atom is 0.329 e. The molecule has 3 rings (SSSR count). The van der Waals surface area contributed by atoms with Crippen LogP contribution in [0.25, 0.3) is 0 Å². The Kier molecular flexibility index (Phi) is 9.83. The highest BCUT2D eigenvalue weighted by atomic mass is 79.9. The fourth-order valence-electron chi connectivity index (χ4n) is 3.38. The van der Waals surface area contributed by atoms with Crippen LogP contribution in [0.3, 0.4) is 0 Å². The number of methoxy groups -OCH3 is 2. The maximum atomic E-state index is 12.5. The third-order valence-electron chi connectivity index (χ3n) is 5.26. The van der Waals surface area contributed by atoms with Crippen molar-refractivity contribution in [1.29, 1.82) is 0 Å². The number of nitrogens with zero attached hydrogens (tertiary/aromatic N) is 1. The van der Waals surface area contributed by atoms with E-state index in [-0.39, 0.29) is 12.5 Å². The van der Waals surface area contributed by atoms with Gasteiger partial charge in [-0.25, -0.2) is 5.43 Å². The number of hydrogen-bond acceptors (Lipinski definition) is 7. The predicted molar refractivity (Wildman–Crippen MR) is 148 cm³/mol. The molecule has 0 fully saturated rings.